The maximum atomic E-state index is 12.3. The zero-order chi connectivity index (χ0) is 14.8. The molecule has 0 amide bonds. The van der Waals surface area contributed by atoms with Gasteiger partial charge in [-0.3, -0.25) is 0 Å². The summed E-state index contributed by atoms with van der Waals surface area (Å²) in [5.41, 5.74) is -3.13. The van der Waals surface area contributed by atoms with Crippen molar-refractivity contribution in [2.45, 2.75) is 36.7 Å². The zero-order valence-electron chi connectivity index (χ0n) is 11.5. The highest BCUT2D eigenvalue weighted by molar-refractivity contribution is 8.00. The molecule has 0 radical (unpaired) electrons. The van der Waals surface area contributed by atoms with E-state index in [1.807, 2.05) is 11.8 Å². The molecule has 1 saturated heterocycles. The molecule has 1 N–H and O–H groups in total. The molecule has 1 heterocycles. The summed E-state index contributed by atoms with van der Waals surface area (Å²) in [5, 5.41) is 3.45. The molecule has 1 aliphatic heterocycles. The lowest BCUT2D eigenvalue weighted by Crippen LogP contribution is -2.41. The summed E-state index contributed by atoms with van der Waals surface area (Å²) in [4.78, 5) is 0.223. The maximum absolute atomic E-state index is 12.3. The second-order valence-corrected chi connectivity index (χ2v) is 7.87. The quantitative estimate of drug-likeness (QED) is 0.764. The highest BCUT2D eigenvalue weighted by Crippen LogP contribution is 2.38. The van der Waals surface area contributed by atoms with Crippen LogP contribution in [-0.2, 0) is 0 Å². The number of nitrogens with one attached hydrogen (secondary N) is 1. The van der Waals surface area contributed by atoms with E-state index in [9.17, 15) is 13.2 Å². The number of benzene rings is 1. The molecular weight excluding hydrogens is 303 g/mol. The molecule has 0 spiro atoms. The molecule has 0 bridgehead atoms. The van der Waals surface area contributed by atoms with E-state index in [0.29, 0.717) is 6.04 Å². The normalized spacial score (nSPS) is 22.6. The molecule has 20 heavy (non-hydrogen) atoms. The average Bonchev–Trinajstić information content (AvgIpc) is 2.32. The highest BCUT2D eigenvalue weighted by atomic mass is 32.2. The first-order chi connectivity index (χ1) is 9.26. The van der Waals surface area contributed by atoms with Gasteiger partial charge in [0.2, 0.25) is 0 Å². The first-order valence-corrected chi connectivity index (χ1v) is 8.43. The fraction of sp³-hybridized carbons (Fsp3) is 0.571. The van der Waals surface area contributed by atoms with Gasteiger partial charge in [-0.1, -0.05) is 13.8 Å². The SMILES string of the molecule is CC1(C)CCSCC1Nc1ccc(SC(F)(F)F)cc1. The van der Waals surface area contributed by atoms with Crippen molar-refractivity contribution in [2.75, 3.05) is 16.8 Å². The van der Waals surface area contributed by atoms with Gasteiger partial charge in [-0.15, -0.1) is 0 Å². The number of hydrogen-bond acceptors (Lipinski definition) is 3. The van der Waals surface area contributed by atoms with Gasteiger partial charge in [-0.2, -0.15) is 24.9 Å². The Morgan fingerprint density at radius 3 is 2.45 bits per heavy atom. The largest absolute Gasteiger partial charge is 0.446 e. The van der Waals surface area contributed by atoms with E-state index >= 15 is 0 Å². The van der Waals surface area contributed by atoms with E-state index in [-0.39, 0.29) is 22.1 Å². The van der Waals surface area contributed by atoms with Crippen molar-refractivity contribution in [1.82, 2.24) is 0 Å². The maximum Gasteiger partial charge on any atom is 0.446 e. The Hall–Kier alpha value is -0.490. The topological polar surface area (TPSA) is 12.0 Å². The van der Waals surface area contributed by atoms with E-state index in [1.54, 1.807) is 12.1 Å². The Labute approximate surface area is 126 Å². The molecule has 0 saturated carbocycles. The van der Waals surface area contributed by atoms with E-state index < -0.39 is 5.51 Å². The van der Waals surface area contributed by atoms with Crippen LogP contribution in [0.1, 0.15) is 20.3 Å². The number of alkyl halides is 3. The summed E-state index contributed by atoms with van der Waals surface area (Å²) in [5.74, 6) is 2.21. The summed E-state index contributed by atoms with van der Waals surface area (Å²) >= 11 is 1.84. The third kappa shape index (κ3) is 4.52. The number of halogens is 3. The Morgan fingerprint density at radius 1 is 1.25 bits per heavy atom. The third-order valence-corrected chi connectivity index (χ3v) is 5.35. The minimum Gasteiger partial charge on any atom is -0.381 e. The third-order valence-electron chi connectivity index (χ3n) is 3.55. The van der Waals surface area contributed by atoms with Crippen molar-refractivity contribution in [3.8, 4) is 0 Å². The summed E-state index contributed by atoms with van der Waals surface area (Å²) in [6.07, 6.45) is 1.15. The lowest BCUT2D eigenvalue weighted by atomic mass is 9.82. The van der Waals surface area contributed by atoms with Gasteiger partial charge >= 0.3 is 5.51 Å². The molecule has 1 unspecified atom stereocenters. The fourth-order valence-corrected chi connectivity index (χ4v) is 4.27. The molecule has 6 heteroatoms. The van der Waals surface area contributed by atoms with Crippen LogP contribution in [0, 0.1) is 5.41 Å². The van der Waals surface area contributed by atoms with Crippen LogP contribution in [0.2, 0.25) is 0 Å². The lowest BCUT2D eigenvalue weighted by Gasteiger charge is -2.39. The van der Waals surface area contributed by atoms with Crippen molar-refractivity contribution in [3.63, 3.8) is 0 Å². The number of thioether (sulfide) groups is 2. The van der Waals surface area contributed by atoms with E-state index in [2.05, 4.69) is 19.2 Å². The number of anilines is 1. The molecule has 1 atom stereocenters. The smallest absolute Gasteiger partial charge is 0.381 e. The van der Waals surface area contributed by atoms with Gasteiger partial charge in [0.15, 0.2) is 0 Å². The second kappa shape index (κ2) is 6.10. The molecule has 1 aromatic carbocycles. The van der Waals surface area contributed by atoms with Crippen LogP contribution in [-0.4, -0.2) is 23.1 Å². The first kappa shape index (κ1) is 15.9. The van der Waals surface area contributed by atoms with Crippen molar-refractivity contribution in [2.24, 2.45) is 5.41 Å². The second-order valence-electron chi connectivity index (χ2n) is 5.58. The van der Waals surface area contributed by atoms with Crippen LogP contribution >= 0.6 is 23.5 Å². The zero-order valence-corrected chi connectivity index (χ0v) is 13.1. The van der Waals surface area contributed by atoms with Gasteiger partial charge in [0.05, 0.1) is 0 Å². The van der Waals surface area contributed by atoms with Crippen LogP contribution in [0.3, 0.4) is 0 Å². The predicted molar refractivity (Wildman–Crippen MR) is 81.5 cm³/mol. The minimum atomic E-state index is -4.23. The molecule has 1 fully saturated rings. The van der Waals surface area contributed by atoms with Crippen LogP contribution < -0.4 is 5.32 Å². The van der Waals surface area contributed by atoms with Crippen molar-refractivity contribution < 1.29 is 13.2 Å². The predicted octanol–water partition coefficient (Wildman–Crippen LogP) is 5.24. The standard InChI is InChI=1S/C14H18F3NS2/c1-13(2)7-8-19-9-12(13)18-10-3-5-11(6-4-10)20-14(15,16)17/h3-6,12,18H,7-9H2,1-2H3. The van der Waals surface area contributed by atoms with Crippen molar-refractivity contribution >= 4 is 29.2 Å². The monoisotopic (exact) mass is 321 g/mol. The van der Waals surface area contributed by atoms with Crippen LogP contribution in [0.4, 0.5) is 18.9 Å². The van der Waals surface area contributed by atoms with Crippen molar-refractivity contribution in [1.29, 1.82) is 0 Å². The molecule has 1 nitrogen and oxygen atoms in total. The van der Waals surface area contributed by atoms with Gasteiger partial charge in [0, 0.05) is 22.4 Å². The van der Waals surface area contributed by atoms with Crippen molar-refractivity contribution in [3.05, 3.63) is 24.3 Å². The van der Waals surface area contributed by atoms with Gasteiger partial charge in [-0.05, 0) is 53.6 Å². The number of rotatable bonds is 3. The van der Waals surface area contributed by atoms with Gasteiger partial charge in [0.25, 0.3) is 0 Å². The van der Waals surface area contributed by atoms with Crippen LogP contribution in [0.5, 0.6) is 0 Å². The average molecular weight is 321 g/mol. The molecule has 2 rings (SSSR count). The summed E-state index contributed by atoms with van der Waals surface area (Å²) in [6, 6.07) is 6.84. The molecule has 0 aromatic heterocycles. The Balaban J connectivity index is 2.00. The molecule has 112 valence electrons. The Kier molecular flexibility index (Phi) is 4.84. The summed E-state index contributed by atoms with van der Waals surface area (Å²) in [7, 11) is 0. The molecule has 1 aliphatic rings. The van der Waals surface area contributed by atoms with E-state index in [1.165, 1.54) is 17.9 Å². The molecule has 1 aromatic rings. The minimum absolute atomic E-state index is 0.0766. The fourth-order valence-electron chi connectivity index (χ4n) is 2.13. The lowest BCUT2D eigenvalue weighted by molar-refractivity contribution is -0.0328. The Bertz CT molecular complexity index is 443. The Morgan fingerprint density at radius 2 is 1.90 bits per heavy atom. The van der Waals surface area contributed by atoms with E-state index in [4.69, 9.17) is 0 Å². The van der Waals surface area contributed by atoms with Crippen LogP contribution in [0.25, 0.3) is 0 Å². The molecule has 0 aliphatic carbocycles. The molecular formula is C14H18F3NS2. The number of hydrogen-bond donors (Lipinski definition) is 1. The summed E-state index contributed by atoms with van der Waals surface area (Å²) < 4.78 is 36.8. The van der Waals surface area contributed by atoms with Gasteiger partial charge in [0.1, 0.15) is 0 Å². The van der Waals surface area contributed by atoms with E-state index in [0.717, 1.165) is 17.9 Å². The highest BCUT2D eigenvalue weighted by Gasteiger charge is 2.32. The van der Waals surface area contributed by atoms with Crippen LogP contribution in [0.15, 0.2) is 29.2 Å². The summed E-state index contributed by atoms with van der Waals surface area (Å²) in [6.45, 7) is 4.47. The van der Waals surface area contributed by atoms with Gasteiger partial charge < -0.3 is 5.32 Å². The first-order valence-electron chi connectivity index (χ1n) is 6.46. The van der Waals surface area contributed by atoms with Gasteiger partial charge in [-0.25, -0.2) is 0 Å².